The van der Waals surface area contributed by atoms with Crippen LogP contribution in [0.3, 0.4) is 0 Å². The predicted molar refractivity (Wildman–Crippen MR) is 116 cm³/mol. The van der Waals surface area contributed by atoms with Crippen LogP contribution in [0.25, 0.3) is 0 Å². The SMILES string of the molecule is O=C(Nc1ccc(SC(C(=O)Nc2ccncc2)c2ccccc2)cc1)C1CC1. The third-order valence-electron chi connectivity index (χ3n) is 4.61. The fourth-order valence-corrected chi connectivity index (χ4v) is 3.91. The number of hydrogen-bond acceptors (Lipinski definition) is 4. The van der Waals surface area contributed by atoms with Crippen molar-refractivity contribution in [2.75, 3.05) is 10.6 Å². The van der Waals surface area contributed by atoms with Gasteiger partial charge in [0.25, 0.3) is 0 Å². The molecular formula is C23H21N3O2S. The van der Waals surface area contributed by atoms with E-state index in [1.807, 2.05) is 54.6 Å². The van der Waals surface area contributed by atoms with Gasteiger partial charge in [0.2, 0.25) is 11.8 Å². The van der Waals surface area contributed by atoms with Gasteiger partial charge in [-0.05, 0) is 54.8 Å². The Morgan fingerprint density at radius 1 is 0.862 bits per heavy atom. The van der Waals surface area contributed by atoms with Gasteiger partial charge in [-0.15, -0.1) is 11.8 Å². The first-order chi connectivity index (χ1) is 14.2. The van der Waals surface area contributed by atoms with E-state index in [0.717, 1.165) is 29.0 Å². The summed E-state index contributed by atoms with van der Waals surface area (Å²) in [4.78, 5) is 29.8. The molecule has 0 aliphatic heterocycles. The van der Waals surface area contributed by atoms with Crippen molar-refractivity contribution in [3.63, 3.8) is 0 Å². The number of amides is 2. The van der Waals surface area contributed by atoms with E-state index in [0.29, 0.717) is 5.69 Å². The third kappa shape index (κ3) is 5.23. The number of carbonyl (C=O) groups excluding carboxylic acids is 2. The van der Waals surface area contributed by atoms with E-state index in [1.165, 1.54) is 11.8 Å². The highest BCUT2D eigenvalue weighted by Gasteiger charge is 2.29. The number of nitrogens with one attached hydrogen (secondary N) is 2. The van der Waals surface area contributed by atoms with E-state index >= 15 is 0 Å². The Morgan fingerprint density at radius 2 is 1.52 bits per heavy atom. The molecule has 1 aliphatic rings. The summed E-state index contributed by atoms with van der Waals surface area (Å²) in [5, 5.41) is 5.49. The highest BCUT2D eigenvalue weighted by atomic mass is 32.2. The normalized spacial score (nSPS) is 14.1. The highest BCUT2D eigenvalue weighted by Crippen LogP contribution is 2.37. The molecular weight excluding hydrogens is 382 g/mol. The van der Waals surface area contributed by atoms with E-state index in [9.17, 15) is 9.59 Å². The lowest BCUT2D eigenvalue weighted by Crippen LogP contribution is -2.19. The zero-order chi connectivity index (χ0) is 20.1. The first-order valence-corrected chi connectivity index (χ1v) is 10.4. The molecule has 1 aliphatic carbocycles. The zero-order valence-electron chi connectivity index (χ0n) is 15.7. The minimum absolute atomic E-state index is 0.0873. The van der Waals surface area contributed by atoms with Crippen LogP contribution >= 0.6 is 11.8 Å². The molecule has 0 radical (unpaired) electrons. The van der Waals surface area contributed by atoms with Gasteiger partial charge in [-0.1, -0.05) is 30.3 Å². The van der Waals surface area contributed by atoms with Crippen LogP contribution in [0.5, 0.6) is 0 Å². The molecule has 1 fully saturated rings. The van der Waals surface area contributed by atoms with E-state index in [-0.39, 0.29) is 17.7 Å². The molecule has 0 spiro atoms. The minimum Gasteiger partial charge on any atom is -0.326 e. The predicted octanol–water partition coefficient (Wildman–Crippen LogP) is 4.90. The number of pyridine rings is 1. The monoisotopic (exact) mass is 403 g/mol. The molecule has 146 valence electrons. The molecule has 29 heavy (non-hydrogen) atoms. The van der Waals surface area contributed by atoms with Gasteiger partial charge in [-0.25, -0.2) is 0 Å². The van der Waals surface area contributed by atoms with Gasteiger partial charge in [0.1, 0.15) is 5.25 Å². The van der Waals surface area contributed by atoms with Crippen LogP contribution in [-0.2, 0) is 9.59 Å². The molecule has 2 aromatic carbocycles. The zero-order valence-corrected chi connectivity index (χ0v) is 16.6. The molecule has 1 aromatic heterocycles. The van der Waals surface area contributed by atoms with Crippen LogP contribution in [0.15, 0.2) is 84.0 Å². The van der Waals surface area contributed by atoms with E-state index in [1.54, 1.807) is 24.5 Å². The number of hydrogen-bond donors (Lipinski definition) is 2. The van der Waals surface area contributed by atoms with Crippen molar-refractivity contribution in [1.82, 2.24) is 4.98 Å². The second-order valence-corrected chi connectivity index (χ2v) is 8.10. The molecule has 3 aromatic rings. The molecule has 0 saturated heterocycles. The second-order valence-electron chi connectivity index (χ2n) is 6.92. The van der Waals surface area contributed by atoms with Gasteiger partial charge >= 0.3 is 0 Å². The summed E-state index contributed by atoms with van der Waals surface area (Å²) in [5.41, 5.74) is 2.42. The number of benzene rings is 2. The molecule has 6 heteroatoms. The van der Waals surface area contributed by atoms with Crippen molar-refractivity contribution in [1.29, 1.82) is 0 Å². The van der Waals surface area contributed by atoms with Gasteiger partial charge in [0.05, 0.1) is 0 Å². The number of carbonyl (C=O) groups is 2. The average Bonchev–Trinajstić information content (AvgIpc) is 3.60. The van der Waals surface area contributed by atoms with Gasteiger partial charge in [0.15, 0.2) is 0 Å². The quantitative estimate of drug-likeness (QED) is 0.550. The minimum atomic E-state index is -0.406. The van der Waals surface area contributed by atoms with Crippen molar-refractivity contribution in [2.45, 2.75) is 23.0 Å². The van der Waals surface area contributed by atoms with E-state index in [4.69, 9.17) is 0 Å². The van der Waals surface area contributed by atoms with Gasteiger partial charge in [0, 0.05) is 34.6 Å². The molecule has 2 amide bonds. The maximum absolute atomic E-state index is 13.0. The molecule has 1 atom stereocenters. The van der Waals surface area contributed by atoms with Crippen molar-refractivity contribution in [3.05, 3.63) is 84.7 Å². The van der Waals surface area contributed by atoms with E-state index in [2.05, 4.69) is 15.6 Å². The van der Waals surface area contributed by atoms with E-state index < -0.39 is 5.25 Å². The first kappa shape index (κ1) is 19.2. The highest BCUT2D eigenvalue weighted by molar-refractivity contribution is 8.00. The lowest BCUT2D eigenvalue weighted by molar-refractivity contribution is -0.117. The molecule has 4 rings (SSSR count). The smallest absolute Gasteiger partial charge is 0.242 e. The molecule has 1 heterocycles. The Morgan fingerprint density at radius 3 is 2.17 bits per heavy atom. The Kier molecular flexibility index (Phi) is 5.91. The Labute approximate surface area is 173 Å². The van der Waals surface area contributed by atoms with Crippen LogP contribution in [0.2, 0.25) is 0 Å². The number of aromatic nitrogens is 1. The Hall–Kier alpha value is -3.12. The average molecular weight is 404 g/mol. The standard InChI is InChI=1S/C23H21N3O2S/c27-22(17-6-7-17)25-18-8-10-20(11-9-18)29-21(16-4-2-1-3-5-16)23(28)26-19-12-14-24-15-13-19/h1-5,8-15,17,21H,6-7H2,(H,25,27)(H,24,26,28). The first-order valence-electron chi connectivity index (χ1n) is 9.52. The van der Waals surface area contributed by atoms with Crippen molar-refractivity contribution >= 4 is 35.0 Å². The fourth-order valence-electron chi connectivity index (χ4n) is 2.89. The van der Waals surface area contributed by atoms with Crippen molar-refractivity contribution in [3.8, 4) is 0 Å². The summed E-state index contributed by atoms with van der Waals surface area (Å²) in [6.07, 6.45) is 5.25. The topological polar surface area (TPSA) is 71.1 Å². The lowest BCUT2D eigenvalue weighted by atomic mass is 10.1. The fraction of sp³-hybridized carbons (Fsp3) is 0.174. The largest absolute Gasteiger partial charge is 0.326 e. The Bertz CT molecular complexity index is 974. The van der Waals surface area contributed by atoms with Crippen molar-refractivity contribution in [2.24, 2.45) is 5.92 Å². The number of anilines is 2. The van der Waals surface area contributed by atoms with Gasteiger partial charge in [-0.3, -0.25) is 14.6 Å². The number of nitrogens with zero attached hydrogens (tertiary/aromatic N) is 1. The summed E-state index contributed by atoms with van der Waals surface area (Å²) in [6, 6.07) is 20.9. The number of thioether (sulfide) groups is 1. The van der Waals surface area contributed by atoms with Crippen LogP contribution in [0, 0.1) is 5.92 Å². The molecule has 0 bridgehead atoms. The van der Waals surface area contributed by atoms with Crippen LogP contribution in [0.4, 0.5) is 11.4 Å². The summed E-state index contributed by atoms with van der Waals surface area (Å²) < 4.78 is 0. The maximum Gasteiger partial charge on any atom is 0.242 e. The molecule has 1 saturated carbocycles. The molecule has 1 unspecified atom stereocenters. The number of rotatable bonds is 7. The van der Waals surface area contributed by atoms with Crippen LogP contribution in [-0.4, -0.2) is 16.8 Å². The Balaban J connectivity index is 1.49. The van der Waals surface area contributed by atoms with Gasteiger partial charge < -0.3 is 10.6 Å². The molecule has 2 N–H and O–H groups in total. The van der Waals surface area contributed by atoms with Crippen LogP contribution < -0.4 is 10.6 Å². The van der Waals surface area contributed by atoms with Crippen molar-refractivity contribution < 1.29 is 9.59 Å². The van der Waals surface area contributed by atoms with Crippen LogP contribution in [0.1, 0.15) is 23.7 Å². The van der Waals surface area contributed by atoms with Gasteiger partial charge in [-0.2, -0.15) is 0 Å². The lowest BCUT2D eigenvalue weighted by Gasteiger charge is -2.17. The summed E-state index contributed by atoms with van der Waals surface area (Å²) in [5.74, 6) is 0.159. The third-order valence-corrected chi connectivity index (χ3v) is 5.88. The molecule has 5 nitrogen and oxygen atoms in total. The summed E-state index contributed by atoms with van der Waals surface area (Å²) in [6.45, 7) is 0. The summed E-state index contributed by atoms with van der Waals surface area (Å²) >= 11 is 1.48. The maximum atomic E-state index is 13.0. The summed E-state index contributed by atoms with van der Waals surface area (Å²) in [7, 11) is 0. The second kappa shape index (κ2) is 8.92.